The Bertz CT molecular complexity index is 1020. The maximum Gasteiger partial charge on any atom is 0.319 e. The lowest BCUT2D eigenvalue weighted by Gasteiger charge is -2.46. The third-order valence-corrected chi connectivity index (χ3v) is 9.32. The minimum atomic E-state index is -1.43. The van der Waals surface area contributed by atoms with E-state index in [-0.39, 0.29) is 36.4 Å². The first-order valence-corrected chi connectivity index (χ1v) is 15.1. The SMILES string of the molecule is CO[C@]1(C)C[C@@H](C)CN(C)[C@H](c2ccc(Br)cc2)COC(=O)C(C)(C)C(=O)[C@H](C)[C@H]1O[C@@H]1O[C@H](C)C[C@H](C)[C@H]1O. The molecule has 2 heterocycles. The first kappa shape index (κ1) is 33.1. The van der Waals surface area contributed by atoms with E-state index in [1.54, 1.807) is 27.9 Å². The Kier molecular flexibility index (Phi) is 11.0. The molecule has 0 spiro atoms. The van der Waals surface area contributed by atoms with Crippen LogP contribution in [-0.4, -0.2) is 79.3 Å². The van der Waals surface area contributed by atoms with Gasteiger partial charge in [-0.1, -0.05) is 48.8 Å². The maximum atomic E-state index is 14.0. The average molecular weight is 627 g/mol. The van der Waals surface area contributed by atoms with Gasteiger partial charge < -0.3 is 24.1 Å². The van der Waals surface area contributed by atoms with Gasteiger partial charge in [-0.3, -0.25) is 14.5 Å². The molecular formula is C31H48BrNO7. The van der Waals surface area contributed by atoms with Gasteiger partial charge in [0, 0.05) is 24.0 Å². The van der Waals surface area contributed by atoms with Crippen LogP contribution in [0.3, 0.4) is 0 Å². The van der Waals surface area contributed by atoms with Gasteiger partial charge in [0.25, 0.3) is 0 Å². The number of halogens is 1. The van der Waals surface area contributed by atoms with Crippen molar-refractivity contribution in [3.05, 3.63) is 34.3 Å². The molecule has 9 atom stereocenters. The highest BCUT2D eigenvalue weighted by atomic mass is 79.9. The molecule has 0 bridgehead atoms. The smallest absolute Gasteiger partial charge is 0.319 e. The highest BCUT2D eigenvalue weighted by molar-refractivity contribution is 9.10. The second-order valence-corrected chi connectivity index (χ2v) is 13.7. The summed E-state index contributed by atoms with van der Waals surface area (Å²) < 4.78 is 25.5. The Morgan fingerprint density at radius 3 is 2.30 bits per heavy atom. The molecule has 2 aliphatic heterocycles. The van der Waals surface area contributed by atoms with Crippen LogP contribution >= 0.6 is 15.9 Å². The molecule has 0 aliphatic carbocycles. The van der Waals surface area contributed by atoms with E-state index in [0.717, 1.165) is 10.0 Å². The number of Topliss-reactive ketones (excluding diaryl/α,β-unsaturated/α-hetero) is 1. The van der Waals surface area contributed by atoms with Gasteiger partial charge in [0.2, 0.25) is 0 Å². The number of ether oxygens (including phenoxy) is 4. The largest absolute Gasteiger partial charge is 0.463 e. The van der Waals surface area contributed by atoms with Crippen LogP contribution in [-0.2, 0) is 28.5 Å². The van der Waals surface area contributed by atoms with Crippen LogP contribution in [0.5, 0.6) is 0 Å². The number of ketones is 1. The zero-order valence-electron chi connectivity index (χ0n) is 25.5. The number of benzene rings is 1. The zero-order valence-corrected chi connectivity index (χ0v) is 27.1. The van der Waals surface area contributed by atoms with Crippen LogP contribution < -0.4 is 0 Å². The van der Waals surface area contributed by atoms with Crippen molar-refractivity contribution in [3.8, 4) is 0 Å². The van der Waals surface area contributed by atoms with Crippen molar-refractivity contribution in [2.75, 3.05) is 27.3 Å². The summed E-state index contributed by atoms with van der Waals surface area (Å²) in [7, 11) is 3.64. The number of methoxy groups -OCH3 is 1. The molecular weight excluding hydrogens is 578 g/mol. The van der Waals surface area contributed by atoms with Gasteiger partial charge in [0.15, 0.2) is 12.1 Å². The Labute approximate surface area is 248 Å². The van der Waals surface area contributed by atoms with E-state index < -0.39 is 41.4 Å². The van der Waals surface area contributed by atoms with Crippen LogP contribution in [0.4, 0.5) is 0 Å². The van der Waals surface area contributed by atoms with Gasteiger partial charge in [0.05, 0.1) is 23.9 Å². The lowest BCUT2D eigenvalue weighted by Crippen LogP contribution is -2.57. The highest BCUT2D eigenvalue weighted by Crippen LogP contribution is 2.39. The van der Waals surface area contributed by atoms with Gasteiger partial charge in [-0.15, -0.1) is 0 Å². The lowest BCUT2D eigenvalue weighted by molar-refractivity contribution is -0.295. The van der Waals surface area contributed by atoms with Crippen molar-refractivity contribution in [1.82, 2.24) is 4.90 Å². The molecule has 0 unspecified atom stereocenters. The number of nitrogens with zero attached hydrogens (tertiary/aromatic N) is 1. The monoisotopic (exact) mass is 625 g/mol. The molecule has 9 heteroatoms. The normalized spacial score (nSPS) is 38.6. The summed E-state index contributed by atoms with van der Waals surface area (Å²) in [6, 6.07) is 7.77. The number of rotatable bonds is 4. The molecule has 1 N–H and O–H groups in total. The molecule has 3 rings (SSSR count). The fourth-order valence-electron chi connectivity index (χ4n) is 6.34. The van der Waals surface area contributed by atoms with E-state index in [2.05, 4.69) is 27.8 Å². The zero-order chi connectivity index (χ0) is 30.0. The van der Waals surface area contributed by atoms with Crippen LogP contribution in [0.25, 0.3) is 0 Å². The molecule has 0 aromatic heterocycles. The molecule has 1 aromatic carbocycles. The summed E-state index contributed by atoms with van der Waals surface area (Å²) >= 11 is 3.49. The lowest BCUT2D eigenvalue weighted by atomic mass is 9.74. The Morgan fingerprint density at radius 2 is 1.70 bits per heavy atom. The fraction of sp³-hybridized carbons (Fsp3) is 0.742. The van der Waals surface area contributed by atoms with Crippen LogP contribution in [0.1, 0.15) is 72.9 Å². The van der Waals surface area contributed by atoms with Crippen molar-refractivity contribution in [2.45, 2.75) is 97.6 Å². The summed E-state index contributed by atoms with van der Waals surface area (Å²) in [5.41, 5.74) is -1.32. The summed E-state index contributed by atoms with van der Waals surface area (Å²) in [5, 5.41) is 11.0. The molecule has 40 heavy (non-hydrogen) atoms. The van der Waals surface area contributed by atoms with E-state index in [4.69, 9.17) is 18.9 Å². The second kappa shape index (κ2) is 13.3. The van der Waals surface area contributed by atoms with Gasteiger partial charge in [-0.25, -0.2) is 0 Å². The number of cyclic esters (lactones) is 1. The van der Waals surface area contributed by atoms with Crippen molar-refractivity contribution in [2.24, 2.45) is 23.2 Å². The molecule has 8 nitrogen and oxygen atoms in total. The van der Waals surface area contributed by atoms with E-state index in [9.17, 15) is 14.7 Å². The van der Waals surface area contributed by atoms with Crippen molar-refractivity contribution in [1.29, 1.82) is 0 Å². The first-order chi connectivity index (χ1) is 18.6. The summed E-state index contributed by atoms with van der Waals surface area (Å²) in [6.45, 7) is 13.8. The quantitative estimate of drug-likeness (QED) is 0.362. The molecule has 2 fully saturated rings. The number of hydrogen-bond acceptors (Lipinski definition) is 8. The number of aliphatic hydroxyl groups is 1. The Morgan fingerprint density at radius 1 is 1.07 bits per heavy atom. The third-order valence-electron chi connectivity index (χ3n) is 8.79. The Balaban J connectivity index is 2.02. The first-order valence-electron chi connectivity index (χ1n) is 14.3. The van der Waals surface area contributed by atoms with Gasteiger partial charge in [0.1, 0.15) is 18.1 Å². The number of esters is 1. The standard InChI is InChI=1S/C31H48BrNO7/c1-18-15-31(7,37-9)27(40-28-25(34)19(2)14-20(3)39-28)21(4)26(35)30(5,6)29(36)38-17-24(33(8)16-18)22-10-12-23(32)13-11-22/h10-13,18-21,24-25,27-28,34H,14-17H2,1-9H3/t18-,19+,20-,21+,24+,25-,27-,28+,31-/m1/s1. The van der Waals surface area contributed by atoms with Crippen LogP contribution in [0.15, 0.2) is 28.7 Å². The highest BCUT2D eigenvalue weighted by Gasteiger charge is 2.51. The van der Waals surface area contributed by atoms with Gasteiger partial charge >= 0.3 is 5.97 Å². The van der Waals surface area contributed by atoms with E-state index >= 15 is 0 Å². The maximum absolute atomic E-state index is 14.0. The summed E-state index contributed by atoms with van der Waals surface area (Å²) in [4.78, 5) is 29.7. The number of likely N-dealkylation sites (N-methyl/N-ethyl adjacent to an activating group) is 1. The van der Waals surface area contributed by atoms with E-state index in [0.29, 0.717) is 19.4 Å². The molecule has 2 saturated heterocycles. The number of aliphatic hydroxyl groups excluding tert-OH is 1. The van der Waals surface area contributed by atoms with Crippen molar-refractivity contribution < 1.29 is 33.6 Å². The molecule has 2 aliphatic rings. The molecule has 0 radical (unpaired) electrons. The fourth-order valence-corrected chi connectivity index (χ4v) is 6.60. The van der Waals surface area contributed by atoms with E-state index in [1.165, 1.54) is 0 Å². The van der Waals surface area contributed by atoms with Gasteiger partial charge in [-0.05, 0) is 77.1 Å². The number of carbonyl (C=O) groups excluding carboxylic acids is 2. The van der Waals surface area contributed by atoms with Gasteiger partial charge in [-0.2, -0.15) is 0 Å². The number of carbonyl (C=O) groups is 2. The van der Waals surface area contributed by atoms with Crippen LogP contribution in [0, 0.1) is 23.2 Å². The average Bonchev–Trinajstić information content (AvgIpc) is 2.89. The van der Waals surface area contributed by atoms with Crippen molar-refractivity contribution in [3.63, 3.8) is 0 Å². The predicted molar refractivity (Wildman–Crippen MR) is 157 cm³/mol. The predicted octanol–water partition coefficient (Wildman–Crippen LogP) is 5.16. The van der Waals surface area contributed by atoms with Crippen LogP contribution in [0.2, 0.25) is 0 Å². The summed E-state index contributed by atoms with van der Waals surface area (Å²) in [6.07, 6.45) is -1.37. The van der Waals surface area contributed by atoms with E-state index in [1.807, 2.05) is 52.1 Å². The van der Waals surface area contributed by atoms with Crippen molar-refractivity contribution >= 4 is 27.7 Å². The molecule has 0 saturated carbocycles. The minimum Gasteiger partial charge on any atom is -0.463 e. The molecule has 1 aromatic rings. The second-order valence-electron chi connectivity index (χ2n) is 12.8. The Hall–Kier alpha value is -1.36. The third kappa shape index (κ3) is 7.34. The minimum absolute atomic E-state index is 0.0298. The molecule has 0 amide bonds. The molecule has 226 valence electrons. The number of hydrogen-bond donors (Lipinski definition) is 1. The topological polar surface area (TPSA) is 94.5 Å². The summed E-state index contributed by atoms with van der Waals surface area (Å²) in [5.74, 6) is -1.54.